The number of unbranched alkanes of at least 4 members (excludes halogenated alkanes) is 2. The van der Waals surface area contributed by atoms with Crippen LogP contribution in [0, 0.1) is 0 Å². The van der Waals surface area contributed by atoms with E-state index in [1.165, 1.54) is 20.0 Å². The van der Waals surface area contributed by atoms with Crippen LogP contribution < -0.4 is 5.73 Å². The Bertz CT molecular complexity index is 369. The molecule has 2 N–H and O–H groups in total. The van der Waals surface area contributed by atoms with Crippen molar-refractivity contribution in [3.05, 3.63) is 35.4 Å². The van der Waals surface area contributed by atoms with Gasteiger partial charge >= 0.3 is 5.97 Å². The quantitative estimate of drug-likeness (QED) is 0.637. The van der Waals surface area contributed by atoms with Gasteiger partial charge in [-0.25, -0.2) is 4.79 Å². The normalized spacial score (nSPS) is 11.5. The van der Waals surface area contributed by atoms with Crippen LogP contribution in [0.1, 0.15) is 54.6 Å². The monoisotopic (exact) mass is 271 g/mol. The summed E-state index contributed by atoms with van der Waals surface area (Å²) in [7, 11) is 1.39. The molecule has 0 unspecified atom stereocenters. The summed E-state index contributed by atoms with van der Waals surface area (Å²) >= 11 is 0. The molecular formula is C14H22ClNO2. The summed E-state index contributed by atoms with van der Waals surface area (Å²) in [5.41, 5.74) is 7.59. The molecule has 0 saturated carbocycles. The molecule has 0 aliphatic rings. The summed E-state index contributed by atoms with van der Waals surface area (Å²) in [5, 5.41) is 0. The molecule has 0 aliphatic heterocycles. The molecule has 102 valence electrons. The minimum absolute atomic E-state index is 0. The fraction of sp³-hybridized carbons (Fsp3) is 0.500. The topological polar surface area (TPSA) is 52.3 Å². The molecule has 0 radical (unpaired) electrons. The van der Waals surface area contributed by atoms with Gasteiger partial charge in [-0.15, -0.1) is 12.4 Å². The second-order valence-electron chi connectivity index (χ2n) is 4.18. The van der Waals surface area contributed by atoms with Crippen LogP contribution in [0.2, 0.25) is 0 Å². The van der Waals surface area contributed by atoms with Crippen molar-refractivity contribution in [2.75, 3.05) is 7.11 Å². The zero-order valence-electron chi connectivity index (χ0n) is 11.0. The van der Waals surface area contributed by atoms with E-state index in [2.05, 4.69) is 6.92 Å². The Labute approximate surface area is 115 Å². The second kappa shape index (κ2) is 8.95. The van der Waals surface area contributed by atoms with E-state index in [-0.39, 0.29) is 24.4 Å². The van der Waals surface area contributed by atoms with Crippen molar-refractivity contribution in [3.63, 3.8) is 0 Å². The number of hydrogen-bond acceptors (Lipinski definition) is 3. The van der Waals surface area contributed by atoms with Gasteiger partial charge in [-0.2, -0.15) is 0 Å². The highest BCUT2D eigenvalue weighted by Gasteiger charge is 2.15. The third-order valence-electron chi connectivity index (χ3n) is 2.88. The lowest BCUT2D eigenvalue weighted by Crippen LogP contribution is -2.15. The molecule has 0 amide bonds. The molecule has 0 aliphatic carbocycles. The predicted octanol–water partition coefficient (Wildman–Crippen LogP) is 3.48. The lowest BCUT2D eigenvalue weighted by Gasteiger charge is -2.15. The number of carbonyl (C=O) groups excluding carboxylic acids is 1. The largest absolute Gasteiger partial charge is 0.465 e. The Morgan fingerprint density at radius 1 is 1.33 bits per heavy atom. The van der Waals surface area contributed by atoms with Crippen LogP contribution in [0.4, 0.5) is 0 Å². The molecule has 1 aromatic rings. The number of rotatable bonds is 6. The Morgan fingerprint density at radius 3 is 2.61 bits per heavy atom. The standard InChI is InChI=1S/C14H21NO2.ClH/c1-3-4-5-10-13(15)11-8-6-7-9-12(11)14(16)17-2;/h6-9,13H,3-5,10,15H2,1-2H3;1H/t13-;/m1./s1. The number of benzene rings is 1. The Hall–Kier alpha value is -1.06. The summed E-state index contributed by atoms with van der Waals surface area (Å²) in [5.74, 6) is -0.313. The number of hydrogen-bond donors (Lipinski definition) is 1. The summed E-state index contributed by atoms with van der Waals surface area (Å²) in [6.45, 7) is 2.16. The van der Waals surface area contributed by atoms with Crippen molar-refractivity contribution < 1.29 is 9.53 Å². The van der Waals surface area contributed by atoms with Gasteiger partial charge < -0.3 is 10.5 Å². The number of methoxy groups -OCH3 is 1. The van der Waals surface area contributed by atoms with Crippen LogP contribution in [-0.4, -0.2) is 13.1 Å². The summed E-state index contributed by atoms with van der Waals surface area (Å²) in [6, 6.07) is 7.32. The maximum atomic E-state index is 11.6. The van der Waals surface area contributed by atoms with Crippen LogP contribution in [0.15, 0.2) is 24.3 Å². The molecule has 0 bridgehead atoms. The first kappa shape index (κ1) is 16.9. The number of ether oxygens (including phenoxy) is 1. The minimum Gasteiger partial charge on any atom is -0.465 e. The van der Waals surface area contributed by atoms with E-state index in [1.54, 1.807) is 6.07 Å². The van der Waals surface area contributed by atoms with Gasteiger partial charge in [0.1, 0.15) is 0 Å². The zero-order chi connectivity index (χ0) is 12.7. The van der Waals surface area contributed by atoms with E-state index in [4.69, 9.17) is 10.5 Å². The van der Waals surface area contributed by atoms with Crippen molar-refractivity contribution in [2.24, 2.45) is 5.73 Å². The smallest absolute Gasteiger partial charge is 0.338 e. The van der Waals surface area contributed by atoms with Crippen LogP contribution in [-0.2, 0) is 4.74 Å². The van der Waals surface area contributed by atoms with E-state index in [1.807, 2.05) is 18.2 Å². The van der Waals surface area contributed by atoms with E-state index in [9.17, 15) is 4.79 Å². The van der Waals surface area contributed by atoms with Gasteiger partial charge in [-0.1, -0.05) is 44.4 Å². The van der Waals surface area contributed by atoms with Crippen LogP contribution >= 0.6 is 12.4 Å². The van der Waals surface area contributed by atoms with Gasteiger partial charge in [0.2, 0.25) is 0 Å². The Morgan fingerprint density at radius 2 is 2.00 bits per heavy atom. The van der Waals surface area contributed by atoms with Gasteiger partial charge in [-0.05, 0) is 18.1 Å². The molecule has 0 heterocycles. The SMILES string of the molecule is CCCCC[C@@H](N)c1ccccc1C(=O)OC.Cl. The van der Waals surface area contributed by atoms with Gasteiger partial charge in [0.15, 0.2) is 0 Å². The van der Waals surface area contributed by atoms with Crippen molar-refractivity contribution in [1.29, 1.82) is 0 Å². The maximum absolute atomic E-state index is 11.6. The molecule has 1 atom stereocenters. The fourth-order valence-electron chi connectivity index (χ4n) is 1.89. The molecule has 0 aromatic heterocycles. The molecule has 0 saturated heterocycles. The lowest BCUT2D eigenvalue weighted by atomic mass is 9.96. The first-order valence-electron chi connectivity index (χ1n) is 6.13. The van der Waals surface area contributed by atoms with Gasteiger partial charge in [0.05, 0.1) is 12.7 Å². The molecule has 0 fully saturated rings. The summed E-state index contributed by atoms with van der Waals surface area (Å²) < 4.78 is 4.76. The highest BCUT2D eigenvalue weighted by Crippen LogP contribution is 2.21. The first-order valence-corrected chi connectivity index (χ1v) is 6.13. The molecule has 3 nitrogen and oxygen atoms in total. The van der Waals surface area contributed by atoms with Crippen LogP contribution in [0.5, 0.6) is 0 Å². The number of halogens is 1. The van der Waals surface area contributed by atoms with Crippen molar-refractivity contribution in [2.45, 2.75) is 38.6 Å². The molecule has 4 heteroatoms. The second-order valence-corrected chi connectivity index (χ2v) is 4.18. The van der Waals surface area contributed by atoms with Crippen molar-refractivity contribution in [3.8, 4) is 0 Å². The highest BCUT2D eigenvalue weighted by atomic mass is 35.5. The average Bonchev–Trinajstić information content (AvgIpc) is 2.38. The van der Waals surface area contributed by atoms with Gasteiger partial charge in [0.25, 0.3) is 0 Å². The highest BCUT2D eigenvalue weighted by molar-refractivity contribution is 5.91. The maximum Gasteiger partial charge on any atom is 0.338 e. The molecule has 1 aromatic carbocycles. The Balaban J connectivity index is 0.00000289. The summed E-state index contributed by atoms with van der Waals surface area (Å²) in [4.78, 5) is 11.6. The van der Waals surface area contributed by atoms with E-state index in [0.717, 1.165) is 18.4 Å². The zero-order valence-corrected chi connectivity index (χ0v) is 11.8. The molecule has 0 spiro atoms. The third-order valence-corrected chi connectivity index (χ3v) is 2.88. The van der Waals surface area contributed by atoms with E-state index < -0.39 is 0 Å². The molecule has 1 rings (SSSR count). The lowest BCUT2D eigenvalue weighted by molar-refractivity contribution is 0.0599. The fourth-order valence-corrected chi connectivity index (χ4v) is 1.89. The molecular weight excluding hydrogens is 250 g/mol. The predicted molar refractivity (Wildman–Crippen MR) is 76.1 cm³/mol. The first-order chi connectivity index (χ1) is 8.20. The minimum atomic E-state index is -0.313. The van der Waals surface area contributed by atoms with E-state index >= 15 is 0 Å². The van der Waals surface area contributed by atoms with Crippen LogP contribution in [0.25, 0.3) is 0 Å². The van der Waals surface area contributed by atoms with Gasteiger partial charge in [-0.3, -0.25) is 0 Å². The van der Waals surface area contributed by atoms with Crippen molar-refractivity contribution >= 4 is 18.4 Å². The van der Waals surface area contributed by atoms with E-state index in [0.29, 0.717) is 5.56 Å². The number of carbonyl (C=O) groups is 1. The average molecular weight is 272 g/mol. The Kier molecular flexibility index (Phi) is 8.42. The summed E-state index contributed by atoms with van der Waals surface area (Å²) in [6.07, 6.45) is 4.34. The van der Waals surface area contributed by atoms with Gasteiger partial charge in [0, 0.05) is 6.04 Å². The van der Waals surface area contributed by atoms with Crippen LogP contribution in [0.3, 0.4) is 0 Å². The molecule has 18 heavy (non-hydrogen) atoms. The number of nitrogens with two attached hydrogens (primary N) is 1. The third kappa shape index (κ3) is 4.67. The number of esters is 1. The van der Waals surface area contributed by atoms with Crippen molar-refractivity contribution in [1.82, 2.24) is 0 Å².